The van der Waals surface area contributed by atoms with Crippen molar-refractivity contribution < 1.29 is 23.1 Å². The summed E-state index contributed by atoms with van der Waals surface area (Å²) in [4.78, 5) is 23.5. The molecule has 8 heteroatoms. The largest absolute Gasteiger partial charge is 0.481 e. The van der Waals surface area contributed by atoms with Crippen LogP contribution in [0.15, 0.2) is 0 Å². The smallest absolute Gasteiger partial charge is 0.308 e. The zero-order valence-corrected chi connectivity index (χ0v) is 14.2. The number of carboxylic acid groups (broad SMARTS) is 1. The monoisotopic (exact) mass is 346 g/mol. The Labute approximate surface area is 137 Å². The van der Waals surface area contributed by atoms with Crippen molar-refractivity contribution in [1.29, 1.82) is 0 Å². The molecule has 1 saturated heterocycles. The van der Waals surface area contributed by atoms with Crippen molar-refractivity contribution in [3.05, 3.63) is 0 Å². The fourth-order valence-electron chi connectivity index (χ4n) is 3.40. The molecule has 2 unspecified atom stereocenters. The third-order valence-electron chi connectivity index (χ3n) is 4.72. The highest BCUT2D eigenvalue weighted by Crippen LogP contribution is 2.23. The minimum Gasteiger partial charge on any atom is -0.481 e. The van der Waals surface area contributed by atoms with E-state index in [2.05, 4.69) is 5.32 Å². The van der Waals surface area contributed by atoms with Gasteiger partial charge in [-0.1, -0.05) is 25.7 Å². The molecule has 2 atom stereocenters. The number of carboxylic acids is 1. The summed E-state index contributed by atoms with van der Waals surface area (Å²) in [5.74, 6) is -1.52. The van der Waals surface area contributed by atoms with Crippen LogP contribution in [-0.4, -0.2) is 54.6 Å². The number of aliphatic carboxylic acids is 1. The highest BCUT2D eigenvalue weighted by atomic mass is 32.2. The van der Waals surface area contributed by atoms with Gasteiger partial charge in [-0.15, -0.1) is 0 Å². The number of nitrogens with zero attached hydrogens (tertiary/aromatic N) is 1. The molecule has 2 aliphatic rings. The van der Waals surface area contributed by atoms with Gasteiger partial charge in [0, 0.05) is 25.6 Å². The number of amides is 1. The molecule has 7 nitrogen and oxygen atoms in total. The molecule has 1 aliphatic heterocycles. The maximum atomic E-state index is 12.1. The summed E-state index contributed by atoms with van der Waals surface area (Å²) in [6, 6.07) is -0.351. The topological polar surface area (TPSA) is 104 Å². The predicted molar refractivity (Wildman–Crippen MR) is 85.4 cm³/mol. The lowest BCUT2D eigenvalue weighted by Crippen LogP contribution is -2.44. The number of carbonyl (C=O) groups is 2. The second-order valence-electron chi connectivity index (χ2n) is 6.43. The third-order valence-corrected chi connectivity index (χ3v) is 6.68. The third kappa shape index (κ3) is 5.17. The lowest BCUT2D eigenvalue weighted by atomic mass is 9.86. The molecule has 0 bridgehead atoms. The SMILES string of the molecule is O=C(CCN1CCCS1(=O)=O)NC1CCCCCCC1C(=O)O. The molecular weight excluding hydrogens is 320 g/mol. The molecule has 1 aliphatic carbocycles. The highest BCUT2D eigenvalue weighted by molar-refractivity contribution is 7.89. The Balaban J connectivity index is 1.87. The van der Waals surface area contributed by atoms with E-state index in [0.717, 1.165) is 25.7 Å². The highest BCUT2D eigenvalue weighted by Gasteiger charge is 2.31. The summed E-state index contributed by atoms with van der Waals surface area (Å²) >= 11 is 0. The number of nitrogens with one attached hydrogen (secondary N) is 1. The van der Waals surface area contributed by atoms with Crippen molar-refractivity contribution in [2.75, 3.05) is 18.8 Å². The molecule has 0 aromatic heterocycles. The van der Waals surface area contributed by atoms with Crippen LogP contribution in [0.2, 0.25) is 0 Å². The molecule has 132 valence electrons. The van der Waals surface area contributed by atoms with Gasteiger partial charge in [0.25, 0.3) is 0 Å². The molecule has 0 aromatic rings. The van der Waals surface area contributed by atoms with E-state index in [1.54, 1.807) is 0 Å². The molecule has 1 saturated carbocycles. The van der Waals surface area contributed by atoms with Crippen LogP contribution in [0.4, 0.5) is 0 Å². The van der Waals surface area contributed by atoms with Crippen molar-refractivity contribution in [1.82, 2.24) is 9.62 Å². The number of rotatable bonds is 5. The summed E-state index contributed by atoms with van der Waals surface area (Å²) in [6.45, 7) is 0.648. The maximum absolute atomic E-state index is 12.1. The van der Waals surface area contributed by atoms with Crippen LogP contribution in [0.1, 0.15) is 51.4 Å². The standard InChI is InChI=1S/C15H26N2O5S/c18-14(8-10-17-9-5-11-23(17,21)22)16-13-7-4-2-1-3-6-12(13)15(19)20/h12-13H,1-11H2,(H,16,18)(H,19,20). The maximum Gasteiger partial charge on any atom is 0.308 e. The van der Waals surface area contributed by atoms with Gasteiger partial charge in [-0.25, -0.2) is 12.7 Å². The number of hydrogen-bond acceptors (Lipinski definition) is 4. The molecule has 2 fully saturated rings. The van der Waals surface area contributed by atoms with E-state index >= 15 is 0 Å². The Hall–Kier alpha value is -1.15. The first-order valence-electron chi connectivity index (χ1n) is 8.40. The van der Waals surface area contributed by atoms with Gasteiger partial charge < -0.3 is 10.4 Å². The van der Waals surface area contributed by atoms with Gasteiger partial charge in [0.15, 0.2) is 0 Å². The molecular formula is C15H26N2O5S. The molecule has 0 aromatic carbocycles. The summed E-state index contributed by atoms with van der Waals surface area (Å²) in [7, 11) is -3.19. The van der Waals surface area contributed by atoms with Gasteiger partial charge in [-0.05, 0) is 19.3 Å². The quantitative estimate of drug-likeness (QED) is 0.771. The van der Waals surface area contributed by atoms with Crippen LogP contribution in [-0.2, 0) is 19.6 Å². The normalized spacial score (nSPS) is 28.7. The van der Waals surface area contributed by atoms with E-state index in [1.165, 1.54) is 4.31 Å². The van der Waals surface area contributed by atoms with E-state index in [9.17, 15) is 23.1 Å². The van der Waals surface area contributed by atoms with Crippen LogP contribution in [0.25, 0.3) is 0 Å². The van der Waals surface area contributed by atoms with Gasteiger partial charge in [0.1, 0.15) is 0 Å². The van der Waals surface area contributed by atoms with E-state index in [-0.39, 0.29) is 30.7 Å². The number of carbonyl (C=O) groups excluding carboxylic acids is 1. The molecule has 0 spiro atoms. The Morgan fingerprint density at radius 2 is 1.78 bits per heavy atom. The minimum atomic E-state index is -3.19. The second kappa shape index (κ2) is 8.10. The van der Waals surface area contributed by atoms with E-state index < -0.39 is 21.9 Å². The van der Waals surface area contributed by atoms with Gasteiger partial charge in [-0.3, -0.25) is 9.59 Å². The van der Waals surface area contributed by atoms with Gasteiger partial charge in [-0.2, -0.15) is 0 Å². The summed E-state index contributed by atoms with van der Waals surface area (Å²) < 4.78 is 24.8. The zero-order chi connectivity index (χ0) is 16.9. The lowest BCUT2D eigenvalue weighted by Gasteiger charge is -2.27. The Kier molecular flexibility index (Phi) is 6.41. The van der Waals surface area contributed by atoms with Crippen molar-refractivity contribution in [2.24, 2.45) is 5.92 Å². The van der Waals surface area contributed by atoms with Crippen LogP contribution in [0.3, 0.4) is 0 Å². The Bertz CT molecular complexity index is 534. The molecule has 23 heavy (non-hydrogen) atoms. The minimum absolute atomic E-state index is 0.0854. The first kappa shape index (κ1) is 18.2. The molecule has 1 amide bonds. The first-order valence-corrected chi connectivity index (χ1v) is 10.0. The van der Waals surface area contributed by atoms with Crippen LogP contribution in [0, 0.1) is 5.92 Å². The van der Waals surface area contributed by atoms with E-state index in [1.807, 2.05) is 0 Å². The van der Waals surface area contributed by atoms with Crippen LogP contribution < -0.4 is 5.32 Å². The molecule has 2 N–H and O–H groups in total. The lowest BCUT2D eigenvalue weighted by molar-refractivity contribution is -0.143. The van der Waals surface area contributed by atoms with E-state index in [0.29, 0.717) is 25.8 Å². The summed E-state index contributed by atoms with van der Waals surface area (Å²) in [5, 5.41) is 12.2. The van der Waals surface area contributed by atoms with Crippen molar-refractivity contribution in [3.8, 4) is 0 Å². The Morgan fingerprint density at radius 3 is 2.39 bits per heavy atom. The predicted octanol–water partition coefficient (Wildman–Crippen LogP) is 0.952. The van der Waals surface area contributed by atoms with Gasteiger partial charge >= 0.3 is 5.97 Å². The average molecular weight is 346 g/mol. The summed E-state index contributed by atoms with van der Waals surface area (Å²) in [5.41, 5.74) is 0. The van der Waals surface area contributed by atoms with Gasteiger partial charge in [0.05, 0.1) is 11.7 Å². The van der Waals surface area contributed by atoms with Crippen molar-refractivity contribution >= 4 is 21.9 Å². The fraction of sp³-hybridized carbons (Fsp3) is 0.867. The second-order valence-corrected chi connectivity index (χ2v) is 8.52. The molecule has 2 rings (SSSR count). The summed E-state index contributed by atoms with van der Waals surface area (Å²) in [6.07, 6.45) is 5.83. The fourth-order valence-corrected chi connectivity index (χ4v) is 4.93. The van der Waals surface area contributed by atoms with Gasteiger partial charge in [0.2, 0.25) is 15.9 Å². The first-order chi connectivity index (χ1) is 10.9. The molecule has 1 heterocycles. The number of sulfonamides is 1. The van der Waals surface area contributed by atoms with E-state index in [4.69, 9.17) is 0 Å². The zero-order valence-electron chi connectivity index (χ0n) is 13.4. The van der Waals surface area contributed by atoms with Crippen molar-refractivity contribution in [3.63, 3.8) is 0 Å². The number of hydrogen-bond donors (Lipinski definition) is 2. The van der Waals surface area contributed by atoms with Crippen LogP contribution >= 0.6 is 0 Å². The molecule has 0 radical (unpaired) electrons. The average Bonchev–Trinajstić information content (AvgIpc) is 2.78. The van der Waals surface area contributed by atoms with Crippen LogP contribution in [0.5, 0.6) is 0 Å². The Morgan fingerprint density at radius 1 is 1.09 bits per heavy atom. The van der Waals surface area contributed by atoms with Crippen molar-refractivity contribution in [2.45, 2.75) is 57.4 Å².